The van der Waals surface area contributed by atoms with Crippen LogP contribution in [0.15, 0.2) is 30.5 Å². The van der Waals surface area contributed by atoms with Gasteiger partial charge in [0.05, 0.1) is 5.69 Å². The van der Waals surface area contributed by atoms with Gasteiger partial charge in [0.25, 0.3) is 0 Å². The molecule has 2 rings (SSSR count). The van der Waals surface area contributed by atoms with Gasteiger partial charge in [0.15, 0.2) is 0 Å². The first-order chi connectivity index (χ1) is 8.60. The Hall–Kier alpha value is -1.61. The Morgan fingerprint density at radius 1 is 1.22 bits per heavy atom. The zero-order valence-corrected chi connectivity index (χ0v) is 11.6. The molecule has 0 amide bonds. The molecular weight excluding hydrogens is 222 g/mol. The number of benzene rings is 1. The van der Waals surface area contributed by atoms with Crippen LogP contribution in [-0.2, 0) is 13.5 Å². The van der Waals surface area contributed by atoms with E-state index in [4.69, 9.17) is 0 Å². The topological polar surface area (TPSA) is 29.9 Å². The Labute approximate surface area is 109 Å². The molecule has 1 heterocycles. The first kappa shape index (κ1) is 12.8. The molecule has 0 radical (unpaired) electrons. The summed E-state index contributed by atoms with van der Waals surface area (Å²) in [6.45, 7) is 4.30. The van der Waals surface area contributed by atoms with Gasteiger partial charge in [-0.25, -0.2) is 0 Å². The maximum absolute atomic E-state index is 4.44. The zero-order chi connectivity index (χ0) is 13.1. The normalized spacial score (nSPS) is 12.7. The molecule has 0 spiro atoms. The SMILES string of the molecule is CNC(Cc1ccn(C)n1)c1ccc(C)c(C)c1. The van der Waals surface area contributed by atoms with Gasteiger partial charge in [-0.2, -0.15) is 5.10 Å². The van der Waals surface area contributed by atoms with E-state index in [-0.39, 0.29) is 0 Å². The molecule has 0 bridgehead atoms. The average Bonchev–Trinajstić information content (AvgIpc) is 2.75. The second-order valence-corrected chi connectivity index (χ2v) is 4.87. The fraction of sp³-hybridized carbons (Fsp3) is 0.400. The van der Waals surface area contributed by atoms with Crippen LogP contribution in [0, 0.1) is 13.8 Å². The molecule has 96 valence electrons. The van der Waals surface area contributed by atoms with Crippen molar-refractivity contribution in [2.45, 2.75) is 26.3 Å². The third-order valence-electron chi connectivity index (χ3n) is 3.46. The standard InChI is InChI=1S/C15H21N3/c1-11-5-6-13(9-12(11)2)15(16-3)10-14-7-8-18(4)17-14/h5-9,15-16H,10H2,1-4H3. The summed E-state index contributed by atoms with van der Waals surface area (Å²) in [5.74, 6) is 0. The first-order valence-electron chi connectivity index (χ1n) is 6.33. The molecule has 1 atom stereocenters. The quantitative estimate of drug-likeness (QED) is 0.894. The minimum atomic E-state index is 0.319. The molecule has 1 aromatic heterocycles. The van der Waals surface area contributed by atoms with E-state index in [9.17, 15) is 0 Å². The molecule has 1 N–H and O–H groups in total. The van der Waals surface area contributed by atoms with E-state index >= 15 is 0 Å². The molecule has 0 saturated carbocycles. The number of hydrogen-bond donors (Lipinski definition) is 1. The predicted octanol–water partition coefficient (Wildman–Crippen LogP) is 2.54. The van der Waals surface area contributed by atoms with E-state index in [2.05, 4.69) is 48.5 Å². The molecule has 0 aliphatic heterocycles. The highest BCUT2D eigenvalue weighted by Crippen LogP contribution is 2.20. The molecule has 2 aromatic rings. The summed E-state index contributed by atoms with van der Waals surface area (Å²) < 4.78 is 1.85. The highest BCUT2D eigenvalue weighted by Gasteiger charge is 2.12. The molecule has 0 fully saturated rings. The Morgan fingerprint density at radius 3 is 2.56 bits per heavy atom. The maximum Gasteiger partial charge on any atom is 0.0643 e. The summed E-state index contributed by atoms with van der Waals surface area (Å²) in [6, 6.07) is 9.05. The summed E-state index contributed by atoms with van der Waals surface area (Å²) >= 11 is 0. The Kier molecular flexibility index (Phi) is 3.82. The van der Waals surface area contributed by atoms with Crippen molar-refractivity contribution in [1.82, 2.24) is 15.1 Å². The van der Waals surface area contributed by atoms with Crippen LogP contribution in [0.3, 0.4) is 0 Å². The molecule has 18 heavy (non-hydrogen) atoms. The van der Waals surface area contributed by atoms with Gasteiger partial charge in [0, 0.05) is 25.7 Å². The van der Waals surface area contributed by atoms with Crippen molar-refractivity contribution in [3.8, 4) is 0 Å². The predicted molar refractivity (Wildman–Crippen MR) is 74.6 cm³/mol. The molecule has 3 heteroatoms. The number of nitrogens with one attached hydrogen (secondary N) is 1. The van der Waals surface area contributed by atoms with E-state index in [1.807, 2.05) is 25.0 Å². The lowest BCUT2D eigenvalue weighted by Gasteiger charge is -2.16. The lowest BCUT2D eigenvalue weighted by Crippen LogP contribution is -2.19. The zero-order valence-electron chi connectivity index (χ0n) is 11.6. The van der Waals surface area contributed by atoms with Crippen LogP contribution >= 0.6 is 0 Å². The minimum absolute atomic E-state index is 0.319. The largest absolute Gasteiger partial charge is 0.313 e. The fourth-order valence-corrected chi connectivity index (χ4v) is 2.15. The van der Waals surface area contributed by atoms with Gasteiger partial charge in [-0.1, -0.05) is 18.2 Å². The molecule has 0 saturated heterocycles. The van der Waals surface area contributed by atoms with Crippen LogP contribution < -0.4 is 5.32 Å². The van der Waals surface area contributed by atoms with Crippen molar-refractivity contribution in [3.63, 3.8) is 0 Å². The number of aryl methyl sites for hydroxylation is 3. The lowest BCUT2D eigenvalue weighted by molar-refractivity contribution is 0.577. The average molecular weight is 243 g/mol. The molecule has 0 aliphatic rings. The Morgan fingerprint density at radius 2 is 2.00 bits per heavy atom. The van der Waals surface area contributed by atoms with Gasteiger partial charge in [0.2, 0.25) is 0 Å². The number of likely N-dealkylation sites (N-methyl/N-ethyl adjacent to an activating group) is 1. The second kappa shape index (κ2) is 5.36. The molecule has 0 aliphatic carbocycles. The third-order valence-corrected chi connectivity index (χ3v) is 3.46. The van der Waals surface area contributed by atoms with Crippen LogP contribution in [0.2, 0.25) is 0 Å². The van der Waals surface area contributed by atoms with E-state index in [0.717, 1.165) is 12.1 Å². The summed E-state index contributed by atoms with van der Waals surface area (Å²) in [6.07, 6.45) is 2.91. The van der Waals surface area contributed by atoms with E-state index in [1.54, 1.807) is 0 Å². The first-order valence-corrected chi connectivity index (χ1v) is 6.33. The van der Waals surface area contributed by atoms with Crippen molar-refractivity contribution in [3.05, 3.63) is 52.8 Å². The van der Waals surface area contributed by atoms with Gasteiger partial charge in [-0.3, -0.25) is 4.68 Å². The highest BCUT2D eigenvalue weighted by atomic mass is 15.2. The Bertz CT molecular complexity index is 528. The third kappa shape index (κ3) is 2.79. The highest BCUT2D eigenvalue weighted by molar-refractivity contribution is 5.32. The second-order valence-electron chi connectivity index (χ2n) is 4.87. The van der Waals surface area contributed by atoms with E-state index in [0.29, 0.717) is 6.04 Å². The van der Waals surface area contributed by atoms with Crippen LogP contribution in [0.1, 0.15) is 28.4 Å². The molecule has 1 unspecified atom stereocenters. The number of nitrogens with zero attached hydrogens (tertiary/aromatic N) is 2. The summed E-state index contributed by atoms with van der Waals surface area (Å²) in [5, 5.41) is 7.81. The van der Waals surface area contributed by atoms with Crippen molar-refractivity contribution >= 4 is 0 Å². The number of hydrogen-bond acceptors (Lipinski definition) is 2. The van der Waals surface area contributed by atoms with Gasteiger partial charge in [0.1, 0.15) is 0 Å². The van der Waals surface area contributed by atoms with Crippen molar-refractivity contribution in [2.75, 3.05) is 7.05 Å². The summed E-state index contributed by atoms with van der Waals surface area (Å²) in [4.78, 5) is 0. The molecular formula is C15H21N3. The smallest absolute Gasteiger partial charge is 0.0643 e. The van der Waals surface area contributed by atoms with Gasteiger partial charge in [-0.15, -0.1) is 0 Å². The summed E-state index contributed by atoms with van der Waals surface area (Å²) in [7, 11) is 3.96. The number of aromatic nitrogens is 2. The summed E-state index contributed by atoms with van der Waals surface area (Å²) in [5.41, 5.74) is 5.13. The number of rotatable bonds is 4. The lowest BCUT2D eigenvalue weighted by atomic mass is 9.98. The minimum Gasteiger partial charge on any atom is -0.313 e. The monoisotopic (exact) mass is 243 g/mol. The van der Waals surface area contributed by atoms with E-state index < -0.39 is 0 Å². The van der Waals surface area contributed by atoms with Gasteiger partial charge < -0.3 is 5.32 Å². The molecule has 3 nitrogen and oxygen atoms in total. The van der Waals surface area contributed by atoms with Gasteiger partial charge >= 0.3 is 0 Å². The Balaban J connectivity index is 2.19. The van der Waals surface area contributed by atoms with Crippen LogP contribution in [0.5, 0.6) is 0 Å². The van der Waals surface area contributed by atoms with Crippen molar-refractivity contribution in [1.29, 1.82) is 0 Å². The van der Waals surface area contributed by atoms with Crippen molar-refractivity contribution < 1.29 is 0 Å². The van der Waals surface area contributed by atoms with Crippen molar-refractivity contribution in [2.24, 2.45) is 7.05 Å². The van der Waals surface area contributed by atoms with Crippen LogP contribution in [0.4, 0.5) is 0 Å². The van der Waals surface area contributed by atoms with E-state index in [1.165, 1.54) is 16.7 Å². The van der Waals surface area contributed by atoms with Gasteiger partial charge in [-0.05, 0) is 43.7 Å². The van der Waals surface area contributed by atoms with Crippen LogP contribution in [-0.4, -0.2) is 16.8 Å². The fourth-order valence-electron chi connectivity index (χ4n) is 2.15. The maximum atomic E-state index is 4.44. The molecule has 1 aromatic carbocycles. The van der Waals surface area contributed by atoms with Crippen LogP contribution in [0.25, 0.3) is 0 Å².